The highest BCUT2D eigenvalue weighted by atomic mass is 16.3. The van der Waals surface area contributed by atoms with Gasteiger partial charge in [-0.2, -0.15) is 0 Å². The summed E-state index contributed by atoms with van der Waals surface area (Å²) in [4.78, 5) is 12.1. The van der Waals surface area contributed by atoms with Gasteiger partial charge in [-0.05, 0) is 49.4 Å². The first-order valence-electron chi connectivity index (χ1n) is 10.4. The number of amides is 1. The SMILES string of the molecule is CCNC(C)=O.OCC1CC(O)CN1CCCc1ccc(-c2ccccc2)cc1. The summed E-state index contributed by atoms with van der Waals surface area (Å²) in [5, 5.41) is 21.6. The lowest BCUT2D eigenvalue weighted by atomic mass is 10.0. The Balaban J connectivity index is 0.000000438. The summed E-state index contributed by atoms with van der Waals surface area (Å²) >= 11 is 0. The molecule has 29 heavy (non-hydrogen) atoms. The van der Waals surface area contributed by atoms with Crippen molar-refractivity contribution in [3.63, 3.8) is 0 Å². The zero-order valence-electron chi connectivity index (χ0n) is 17.6. The highest BCUT2D eigenvalue weighted by Crippen LogP contribution is 2.21. The lowest BCUT2D eigenvalue weighted by Gasteiger charge is -2.22. The number of aryl methyl sites for hydroxylation is 1. The summed E-state index contributed by atoms with van der Waals surface area (Å²) in [6, 6.07) is 19.3. The fourth-order valence-electron chi connectivity index (χ4n) is 3.65. The van der Waals surface area contributed by atoms with Gasteiger partial charge in [-0.3, -0.25) is 9.69 Å². The molecule has 1 heterocycles. The first-order chi connectivity index (χ1) is 14.0. The number of carbonyl (C=O) groups excluding carboxylic acids is 1. The van der Waals surface area contributed by atoms with Gasteiger partial charge >= 0.3 is 0 Å². The van der Waals surface area contributed by atoms with Crippen molar-refractivity contribution in [2.75, 3.05) is 26.2 Å². The van der Waals surface area contributed by atoms with Gasteiger partial charge in [0.1, 0.15) is 0 Å². The molecular formula is C24H34N2O3. The molecule has 1 aliphatic heterocycles. The Kier molecular flexibility index (Phi) is 9.84. The molecule has 0 bridgehead atoms. The summed E-state index contributed by atoms with van der Waals surface area (Å²) < 4.78 is 0. The fourth-order valence-corrected chi connectivity index (χ4v) is 3.65. The smallest absolute Gasteiger partial charge is 0.216 e. The minimum absolute atomic E-state index is 0.0394. The van der Waals surface area contributed by atoms with Crippen LogP contribution in [0, 0.1) is 0 Å². The maximum Gasteiger partial charge on any atom is 0.216 e. The third kappa shape index (κ3) is 7.97. The van der Waals surface area contributed by atoms with Crippen LogP contribution in [0.1, 0.15) is 32.3 Å². The summed E-state index contributed by atoms with van der Waals surface area (Å²) in [5.74, 6) is 0.0394. The van der Waals surface area contributed by atoms with Gasteiger partial charge in [-0.1, -0.05) is 54.6 Å². The molecule has 2 aromatic rings. The second kappa shape index (κ2) is 12.4. The van der Waals surface area contributed by atoms with Gasteiger partial charge in [0.05, 0.1) is 12.7 Å². The van der Waals surface area contributed by atoms with Crippen LogP contribution in [0.15, 0.2) is 54.6 Å². The van der Waals surface area contributed by atoms with Crippen LogP contribution in [0.5, 0.6) is 0 Å². The highest BCUT2D eigenvalue weighted by molar-refractivity contribution is 5.72. The highest BCUT2D eigenvalue weighted by Gasteiger charge is 2.29. The summed E-state index contributed by atoms with van der Waals surface area (Å²) in [6.07, 6.45) is 2.49. The molecule has 1 saturated heterocycles. The standard InChI is InChI=1S/C20H25NO2.C4H9NO/c22-15-19-13-20(23)14-21(19)12-4-5-16-8-10-18(11-9-16)17-6-2-1-3-7-17;1-3-5-4(2)6/h1-3,6-11,19-20,22-23H,4-5,12-15H2;3H2,1-2H3,(H,5,6). The Hall–Kier alpha value is -2.21. The van der Waals surface area contributed by atoms with Gasteiger partial charge in [0.25, 0.3) is 0 Å². The summed E-state index contributed by atoms with van der Waals surface area (Å²) in [6.45, 7) is 5.89. The van der Waals surface area contributed by atoms with Crippen LogP contribution in [-0.2, 0) is 11.2 Å². The molecule has 0 radical (unpaired) electrons. The fraction of sp³-hybridized carbons (Fsp3) is 0.458. The van der Waals surface area contributed by atoms with Gasteiger partial charge in [0.15, 0.2) is 0 Å². The molecule has 0 aliphatic carbocycles. The van der Waals surface area contributed by atoms with E-state index in [2.05, 4.69) is 58.7 Å². The number of nitrogens with one attached hydrogen (secondary N) is 1. The van der Waals surface area contributed by atoms with Crippen LogP contribution >= 0.6 is 0 Å². The minimum atomic E-state index is -0.280. The monoisotopic (exact) mass is 398 g/mol. The van der Waals surface area contributed by atoms with Crippen molar-refractivity contribution in [2.45, 2.75) is 45.3 Å². The Morgan fingerprint density at radius 3 is 2.31 bits per heavy atom. The molecule has 0 spiro atoms. The third-order valence-electron chi connectivity index (χ3n) is 5.11. The molecule has 0 aromatic heterocycles. The van der Waals surface area contributed by atoms with E-state index < -0.39 is 0 Å². The van der Waals surface area contributed by atoms with Crippen molar-refractivity contribution in [1.29, 1.82) is 0 Å². The van der Waals surface area contributed by atoms with E-state index in [-0.39, 0.29) is 24.7 Å². The number of likely N-dealkylation sites (tertiary alicyclic amines) is 1. The van der Waals surface area contributed by atoms with E-state index in [9.17, 15) is 15.0 Å². The van der Waals surface area contributed by atoms with E-state index >= 15 is 0 Å². The van der Waals surface area contributed by atoms with Gasteiger partial charge in [-0.25, -0.2) is 0 Å². The second-order valence-electron chi connectivity index (χ2n) is 7.47. The summed E-state index contributed by atoms with van der Waals surface area (Å²) in [7, 11) is 0. The molecule has 2 atom stereocenters. The molecule has 3 N–H and O–H groups in total. The number of aliphatic hydroxyl groups excluding tert-OH is 2. The number of benzene rings is 2. The van der Waals surface area contributed by atoms with Gasteiger partial charge in [0, 0.05) is 26.1 Å². The van der Waals surface area contributed by atoms with Crippen LogP contribution in [0.2, 0.25) is 0 Å². The number of carbonyl (C=O) groups is 1. The van der Waals surface area contributed by atoms with Crippen LogP contribution in [0.4, 0.5) is 0 Å². The minimum Gasteiger partial charge on any atom is -0.395 e. The number of hydrogen-bond donors (Lipinski definition) is 3. The quantitative estimate of drug-likeness (QED) is 0.671. The number of nitrogens with zero attached hydrogens (tertiary/aromatic N) is 1. The van der Waals surface area contributed by atoms with Crippen LogP contribution in [0.25, 0.3) is 11.1 Å². The largest absolute Gasteiger partial charge is 0.395 e. The predicted octanol–water partition coefficient (Wildman–Crippen LogP) is 2.86. The first-order valence-corrected chi connectivity index (χ1v) is 10.4. The van der Waals surface area contributed by atoms with E-state index in [0.717, 1.165) is 25.9 Å². The molecule has 2 unspecified atom stereocenters. The van der Waals surface area contributed by atoms with Crippen LogP contribution in [-0.4, -0.2) is 59.4 Å². The molecule has 5 nitrogen and oxygen atoms in total. The Bertz CT molecular complexity index is 719. The Morgan fingerprint density at radius 2 is 1.76 bits per heavy atom. The molecule has 158 valence electrons. The van der Waals surface area contributed by atoms with Crippen LogP contribution < -0.4 is 5.32 Å². The van der Waals surface area contributed by atoms with Crippen molar-refractivity contribution in [1.82, 2.24) is 10.2 Å². The van der Waals surface area contributed by atoms with Crippen molar-refractivity contribution in [2.24, 2.45) is 0 Å². The molecule has 2 aromatic carbocycles. The van der Waals surface area contributed by atoms with E-state index in [1.54, 1.807) is 0 Å². The van der Waals surface area contributed by atoms with E-state index in [1.807, 2.05) is 13.0 Å². The lowest BCUT2D eigenvalue weighted by molar-refractivity contribution is -0.118. The normalized spacial score (nSPS) is 18.8. The van der Waals surface area contributed by atoms with E-state index in [1.165, 1.54) is 23.6 Å². The zero-order chi connectivity index (χ0) is 21.1. The van der Waals surface area contributed by atoms with Gasteiger partial charge < -0.3 is 15.5 Å². The molecule has 5 heteroatoms. The number of aliphatic hydroxyl groups is 2. The average molecular weight is 399 g/mol. The molecule has 1 fully saturated rings. The average Bonchev–Trinajstić information content (AvgIpc) is 3.09. The number of hydrogen-bond acceptors (Lipinski definition) is 4. The lowest BCUT2D eigenvalue weighted by Crippen LogP contribution is -2.33. The van der Waals surface area contributed by atoms with Gasteiger partial charge in [0.2, 0.25) is 5.91 Å². The summed E-state index contributed by atoms with van der Waals surface area (Å²) in [5.41, 5.74) is 3.83. The van der Waals surface area contributed by atoms with E-state index in [4.69, 9.17) is 0 Å². The molecule has 0 saturated carbocycles. The molecule has 3 rings (SSSR count). The Morgan fingerprint density at radius 1 is 1.10 bits per heavy atom. The molecule has 1 amide bonds. The number of rotatable bonds is 7. The second-order valence-corrected chi connectivity index (χ2v) is 7.47. The molecular weight excluding hydrogens is 364 g/mol. The van der Waals surface area contributed by atoms with Crippen LogP contribution in [0.3, 0.4) is 0 Å². The molecule has 1 aliphatic rings. The van der Waals surface area contributed by atoms with Crippen molar-refractivity contribution in [3.05, 3.63) is 60.2 Å². The van der Waals surface area contributed by atoms with Crippen molar-refractivity contribution < 1.29 is 15.0 Å². The maximum atomic E-state index is 9.93. The predicted molar refractivity (Wildman–Crippen MR) is 118 cm³/mol. The maximum absolute atomic E-state index is 9.93. The third-order valence-corrected chi connectivity index (χ3v) is 5.11. The zero-order valence-corrected chi connectivity index (χ0v) is 17.6. The van der Waals surface area contributed by atoms with E-state index in [0.29, 0.717) is 13.0 Å². The van der Waals surface area contributed by atoms with Gasteiger partial charge in [-0.15, -0.1) is 0 Å². The Labute approximate surface area is 174 Å². The number of β-amino-alcohol motifs (C(OH)–C–C–N with tert-alkyl or cyclic N) is 1. The first kappa shape index (κ1) is 23.1. The topological polar surface area (TPSA) is 72.8 Å². The van der Waals surface area contributed by atoms with Crippen molar-refractivity contribution >= 4 is 5.91 Å². The van der Waals surface area contributed by atoms with Crippen molar-refractivity contribution in [3.8, 4) is 11.1 Å².